The molecule has 4 rings (SSSR count). The average molecular weight is 408 g/mol. The van der Waals surface area contributed by atoms with Gasteiger partial charge >= 0.3 is 5.63 Å². The normalized spacial score (nSPS) is 11.1. The van der Waals surface area contributed by atoms with E-state index in [9.17, 15) is 9.59 Å². The van der Waals surface area contributed by atoms with Gasteiger partial charge in [-0.15, -0.1) is 11.3 Å². The first-order chi connectivity index (χ1) is 13.9. The molecule has 0 unspecified atom stereocenters. The number of benzene rings is 2. The highest BCUT2D eigenvalue weighted by atomic mass is 32.1. The Bertz CT molecular complexity index is 1240. The largest absolute Gasteiger partial charge is 0.483 e. The molecule has 0 fully saturated rings. The first-order valence-corrected chi connectivity index (χ1v) is 9.99. The predicted octanol–water partition coefficient (Wildman–Crippen LogP) is 4.06. The van der Waals surface area contributed by atoms with E-state index in [0.29, 0.717) is 23.4 Å². The van der Waals surface area contributed by atoms with E-state index in [1.54, 1.807) is 29.4 Å². The first kappa shape index (κ1) is 19.1. The molecule has 0 bridgehead atoms. The minimum atomic E-state index is -0.401. The summed E-state index contributed by atoms with van der Waals surface area (Å²) >= 11 is 1.58. The Balaban J connectivity index is 1.46. The zero-order valence-corrected chi connectivity index (χ0v) is 17.2. The summed E-state index contributed by atoms with van der Waals surface area (Å²) in [7, 11) is 1.73. The van der Waals surface area contributed by atoms with Crippen LogP contribution in [0.2, 0.25) is 0 Å². The fraction of sp³-hybridized carbons (Fsp3) is 0.227. The van der Waals surface area contributed by atoms with Gasteiger partial charge in [-0.2, -0.15) is 0 Å². The molecule has 0 saturated heterocycles. The number of carbonyl (C=O) groups excluding carboxylic acids is 1. The molecular formula is C22H20N2O4S. The van der Waals surface area contributed by atoms with Crippen LogP contribution in [0.5, 0.6) is 5.75 Å². The molecule has 0 N–H and O–H groups in total. The van der Waals surface area contributed by atoms with Gasteiger partial charge < -0.3 is 14.1 Å². The van der Waals surface area contributed by atoms with Crippen molar-refractivity contribution < 1.29 is 13.9 Å². The van der Waals surface area contributed by atoms with Crippen LogP contribution in [0.4, 0.5) is 0 Å². The number of para-hydroxylation sites is 1. The Morgan fingerprint density at radius 2 is 2.00 bits per heavy atom. The van der Waals surface area contributed by atoms with E-state index in [2.05, 4.69) is 4.98 Å². The fourth-order valence-corrected chi connectivity index (χ4v) is 4.21. The number of thiazole rings is 1. The molecule has 0 atom stereocenters. The predicted molar refractivity (Wildman–Crippen MR) is 114 cm³/mol. The van der Waals surface area contributed by atoms with Crippen LogP contribution < -0.4 is 10.4 Å². The number of nitrogens with zero attached hydrogens (tertiary/aromatic N) is 2. The number of likely N-dealkylation sites (N-methyl/N-ethyl adjacent to an activating group) is 1. The third-order valence-corrected chi connectivity index (χ3v) is 5.83. The number of rotatable bonds is 5. The molecular weight excluding hydrogens is 388 g/mol. The van der Waals surface area contributed by atoms with Crippen LogP contribution in [0.25, 0.3) is 21.2 Å². The van der Waals surface area contributed by atoms with Crippen molar-refractivity contribution in [3.8, 4) is 5.75 Å². The summed E-state index contributed by atoms with van der Waals surface area (Å²) in [6.45, 7) is 3.99. The van der Waals surface area contributed by atoms with Gasteiger partial charge in [0, 0.05) is 24.1 Å². The monoisotopic (exact) mass is 408 g/mol. The molecule has 2 aromatic carbocycles. The molecule has 2 aromatic heterocycles. The van der Waals surface area contributed by atoms with Gasteiger partial charge in [0.1, 0.15) is 16.3 Å². The molecule has 29 heavy (non-hydrogen) atoms. The summed E-state index contributed by atoms with van der Waals surface area (Å²) < 4.78 is 12.2. The topological polar surface area (TPSA) is 72.6 Å². The van der Waals surface area contributed by atoms with Crippen LogP contribution in [0.3, 0.4) is 0 Å². The second-order valence-corrected chi connectivity index (χ2v) is 8.04. The van der Waals surface area contributed by atoms with Crippen molar-refractivity contribution in [2.45, 2.75) is 20.4 Å². The number of amides is 1. The molecule has 0 aliphatic heterocycles. The van der Waals surface area contributed by atoms with Gasteiger partial charge in [0.25, 0.3) is 5.91 Å². The van der Waals surface area contributed by atoms with Gasteiger partial charge in [0.05, 0.1) is 16.8 Å². The smallest absolute Gasteiger partial charge is 0.336 e. The number of carbonyl (C=O) groups is 1. The van der Waals surface area contributed by atoms with E-state index in [4.69, 9.17) is 9.15 Å². The van der Waals surface area contributed by atoms with Crippen molar-refractivity contribution in [1.82, 2.24) is 9.88 Å². The maximum atomic E-state index is 12.5. The van der Waals surface area contributed by atoms with Gasteiger partial charge in [-0.3, -0.25) is 4.79 Å². The highest BCUT2D eigenvalue weighted by Gasteiger charge is 2.15. The summed E-state index contributed by atoms with van der Waals surface area (Å²) in [6.07, 6.45) is 0. The zero-order valence-electron chi connectivity index (χ0n) is 16.4. The van der Waals surface area contributed by atoms with E-state index in [1.807, 2.05) is 44.2 Å². The van der Waals surface area contributed by atoms with Gasteiger partial charge in [-0.1, -0.05) is 12.1 Å². The number of hydrogen-bond acceptors (Lipinski definition) is 6. The number of aryl methyl sites for hydroxylation is 2. The highest BCUT2D eigenvalue weighted by Crippen LogP contribution is 2.28. The molecule has 7 heteroatoms. The van der Waals surface area contributed by atoms with Crippen LogP contribution >= 0.6 is 11.3 Å². The molecule has 0 saturated carbocycles. The second kappa shape index (κ2) is 7.67. The van der Waals surface area contributed by atoms with Crippen molar-refractivity contribution >= 4 is 38.4 Å². The van der Waals surface area contributed by atoms with E-state index >= 15 is 0 Å². The molecule has 0 aliphatic rings. The van der Waals surface area contributed by atoms with Crippen LogP contribution in [-0.4, -0.2) is 29.4 Å². The lowest BCUT2D eigenvalue weighted by Crippen LogP contribution is -2.31. The van der Waals surface area contributed by atoms with Crippen LogP contribution in [0.1, 0.15) is 16.1 Å². The summed E-state index contributed by atoms with van der Waals surface area (Å²) in [5, 5.41) is 1.73. The van der Waals surface area contributed by atoms with Gasteiger partial charge in [0.15, 0.2) is 6.61 Å². The van der Waals surface area contributed by atoms with Crippen molar-refractivity contribution in [2.24, 2.45) is 0 Å². The summed E-state index contributed by atoms with van der Waals surface area (Å²) in [6, 6.07) is 13.0. The third kappa shape index (κ3) is 3.86. The molecule has 2 heterocycles. The standard InChI is InChI=1S/C22H20N2O4S/c1-13-10-21(26)28-22-14(2)17(9-8-15(13)22)27-12-20(25)24(3)11-19-23-16-6-4-5-7-18(16)29-19/h4-10H,11-12H2,1-3H3. The number of hydrogen-bond donors (Lipinski definition) is 0. The van der Waals surface area contributed by atoms with Crippen LogP contribution in [0, 0.1) is 13.8 Å². The molecule has 0 spiro atoms. The average Bonchev–Trinajstić information content (AvgIpc) is 3.09. The summed E-state index contributed by atoms with van der Waals surface area (Å²) in [4.78, 5) is 30.4. The van der Waals surface area contributed by atoms with Gasteiger partial charge in [0.2, 0.25) is 0 Å². The van der Waals surface area contributed by atoms with Crippen LogP contribution in [0.15, 0.2) is 51.7 Å². The first-order valence-electron chi connectivity index (χ1n) is 9.17. The third-order valence-electron chi connectivity index (χ3n) is 4.81. The van der Waals surface area contributed by atoms with Crippen molar-refractivity contribution in [2.75, 3.05) is 13.7 Å². The summed E-state index contributed by atoms with van der Waals surface area (Å²) in [5.74, 6) is 0.363. The molecule has 6 nitrogen and oxygen atoms in total. The fourth-order valence-electron chi connectivity index (χ4n) is 3.18. The summed E-state index contributed by atoms with van der Waals surface area (Å²) in [5.41, 5.74) is 2.57. The van der Waals surface area contributed by atoms with Crippen molar-refractivity contribution in [3.05, 3.63) is 69.0 Å². The molecule has 148 valence electrons. The second-order valence-electron chi connectivity index (χ2n) is 6.93. The zero-order chi connectivity index (χ0) is 20.5. The van der Waals surface area contributed by atoms with Crippen molar-refractivity contribution in [1.29, 1.82) is 0 Å². The minimum absolute atomic E-state index is 0.107. The van der Waals surface area contributed by atoms with E-state index in [-0.39, 0.29) is 12.5 Å². The lowest BCUT2D eigenvalue weighted by Gasteiger charge is -2.17. The highest BCUT2D eigenvalue weighted by molar-refractivity contribution is 7.18. The van der Waals surface area contributed by atoms with Gasteiger partial charge in [-0.25, -0.2) is 9.78 Å². The lowest BCUT2D eigenvalue weighted by atomic mass is 10.1. The quantitative estimate of drug-likeness (QED) is 0.466. The van der Waals surface area contributed by atoms with E-state index < -0.39 is 5.63 Å². The van der Waals surface area contributed by atoms with Crippen LogP contribution in [-0.2, 0) is 11.3 Å². The van der Waals surface area contributed by atoms with E-state index in [1.165, 1.54) is 6.07 Å². The maximum Gasteiger partial charge on any atom is 0.336 e. The molecule has 1 amide bonds. The number of fused-ring (bicyclic) bond motifs is 2. The maximum absolute atomic E-state index is 12.5. The Morgan fingerprint density at radius 3 is 2.79 bits per heavy atom. The number of aromatic nitrogens is 1. The lowest BCUT2D eigenvalue weighted by molar-refractivity contribution is -0.132. The Hall–Kier alpha value is -3.19. The Kier molecular flexibility index (Phi) is 5.07. The Labute approximate surface area is 171 Å². The Morgan fingerprint density at radius 1 is 1.21 bits per heavy atom. The molecule has 0 aliphatic carbocycles. The van der Waals surface area contributed by atoms with Crippen molar-refractivity contribution in [3.63, 3.8) is 0 Å². The molecule has 0 radical (unpaired) electrons. The number of ether oxygens (including phenoxy) is 1. The molecule has 4 aromatic rings. The minimum Gasteiger partial charge on any atom is -0.483 e. The van der Waals surface area contributed by atoms with E-state index in [0.717, 1.165) is 26.2 Å². The van der Waals surface area contributed by atoms with Gasteiger partial charge in [-0.05, 0) is 43.7 Å². The SMILES string of the molecule is Cc1cc(=O)oc2c(C)c(OCC(=O)N(C)Cc3nc4ccccc4s3)ccc12.